The van der Waals surface area contributed by atoms with Crippen LogP contribution >= 0.6 is 15.6 Å². The van der Waals surface area contributed by atoms with Crippen LogP contribution in [-0.4, -0.2) is 96.7 Å². The van der Waals surface area contributed by atoms with Gasteiger partial charge in [-0.3, -0.25) is 37.3 Å². The van der Waals surface area contributed by atoms with Gasteiger partial charge in [0.05, 0.1) is 26.4 Å². The Morgan fingerprint density at radius 3 is 0.731 bits per heavy atom. The predicted molar refractivity (Wildman–Crippen MR) is 377 cm³/mol. The summed E-state index contributed by atoms with van der Waals surface area (Å²) in [6.45, 7) is 9.45. The maximum atomic E-state index is 13.1. The van der Waals surface area contributed by atoms with E-state index < -0.39 is 97.5 Å². The molecular formula is C74H144O17P2. The van der Waals surface area contributed by atoms with Gasteiger partial charge in [0, 0.05) is 25.7 Å². The van der Waals surface area contributed by atoms with Gasteiger partial charge in [-0.25, -0.2) is 9.13 Å². The Morgan fingerprint density at radius 2 is 0.495 bits per heavy atom. The van der Waals surface area contributed by atoms with E-state index in [2.05, 4.69) is 41.5 Å². The first kappa shape index (κ1) is 91.1. The molecule has 0 aromatic rings. The van der Waals surface area contributed by atoms with Crippen molar-refractivity contribution in [2.45, 2.75) is 400 Å². The number of aliphatic hydroxyl groups is 1. The molecule has 0 amide bonds. The lowest BCUT2D eigenvalue weighted by Crippen LogP contribution is -2.30. The van der Waals surface area contributed by atoms with Crippen LogP contribution in [0.1, 0.15) is 382 Å². The molecule has 0 aliphatic heterocycles. The summed E-state index contributed by atoms with van der Waals surface area (Å²) in [6, 6.07) is 0. The number of hydrogen-bond donors (Lipinski definition) is 3. The van der Waals surface area contributed by atoms with E-state index in [1.54, 1.807) is 0 Å². The molecule has 2 unspecified atom stereocenters. The summed E-state index contributed by atoms with van der Waals surface area (Å²) in [6.07, 6.45) is 53.3. The van der Waals surface area contributed by atoms with Crippen molar-refractivity contribution in [1.29, 1.82) is 0 Å². The van der Waals surface area contributed by atoms with Crippen LogP contribution in [0.15, 0.2) is 0 Å². The first-order valence-corrected chi connectivity index (χ1v) is 41.5. The van der Waals surface area contributed by atoms with Crippen molar-refractivity contribution in [2.24, 2.45) is 11.8 Å². The van der Waals surface area contributed by atoms with Crippen LogP contribution in [-0.2, 0) is 65.4 Å². The normalized spacial score (nSPS) is 14.1. The van der Waals surface area contributed by atoms with Crippen LogP contribution in [0.3, 0.4) is 0 Å². The summed E-state index contributed by atoms with van der Waals surface area (Å²) in [5, 5.41) is 10.6. The average Bonchev–Trinajstić information content (AvgIpc) is 2.50. The van der Waals surface area contributed by atoms with Gasteiger partial charge in [-0.2, -0.15) is 0 Å². The maximum absolute atomic E-state index is 13.1. The van der Waals surface area contributed by atoms with Crippen molar-refractivity contribution < 1.29 is 80.2 Å². The Bertz CT molecular complexity index is 1800. The van der Waals surface area contributed by atoms with Gasteiger partial charge in [0.15, 0.2) is 12.2 Å². The first-order valence-electron chi connectivity index (χ1n) is 38.5. The minimum atomic E-state index is -4.95. The fourth-order valence-corrected chi connectivity index (χ4v) is 12.9. The van der Waals surface area contributed by atoms with Crippen LogP contribution in [0.2, 0.25) is 0 Å². The zero-order chi connectivity index (χ0) is 68.6. The van der Waals surface area contributed by atoms with Gasteiger partial charge in [0.1, 0.15) is 19.3 Å². The fourth-order valence-electron chi connectivity index (χ4n) is 11.3. The molecule has 0 saturated heterocycles. The zero-order valence-corrected chi connectivity index (χ0v) is 62.3. The lowest BCUT2D eigenvalue weighted by molar-refractivity contribution is -0.161. The molecule has 0 aromatic heterocycles. The molecule has 0 aliphatic rings. The molecule has 0 rings (SSSR count). The number of carbonyl (C=O) groups is 4. The second-order valence-electron chi connectivity index (χ2n) is 27.6. The Balaban J connectivity index is 5.14. The van der Waals surface area contributed by atoms with E-state index in [4.69, 9.17) is 37.0 Å². The largest absolute Gasteiger partial charge is 0.472 e. The molecule has 0 bridgehead atoms. The van der Waals surface area contributed by atoms with Crippen LogP contribution in [0, 0.1) is 11.8 Å². The van der Waals surface area contributed by atoms with Gasteiger partial charge < -0.3 is 33.8 Å². The highest BCUT2D eigenvalue weighted by Gasteiger charge is 2.30. The molecule has 0 aromatic carbocycles. The molecular weight excluding hydrogens is 1220 g/mol. The van der Waals surface area contributed by atoms with Crippen molar-refractivity contribution in [3.63, 3.8) is 0 Å². The molecule has 0 radical (unpaired) electrons. The van der Waals surface area contributed by atoms with Gasteiger partial charge in [0.25, 0.3) is 0 Å². The summed E-state index contributed by atoms with van der Waals surface area (Å²) >= 11 is 0. The van der Waals surface area contributed by atoms with Gasteiger partial charge in [0.2, 0.25) is 0 Å². The third kappa shape index (κ3) is 68.4. The number of phosphoric acid groups is 2. The highest BCUT2D eigenvalue weighted by Crippen LogP contribution is 2.45. The topological polar surface area (TPSA) is 237 Å². The highest BCUT2D eigenvalue weighted by atomic mass is 31.2. The molecule has 0 saturated carbocycles. The van der Waals surface area contributed by atoms with Crippen molar-refractivity contribution in [3.8, 4) is 0 Å². The molecule has 19 heteroatoms. The minimum absolute atomic E-state index is 0.102. The standard InChI is InChI=1S/C74H144O17P2/c1-7-9-11-13-15-16-17-18-19-20-21-22-23-24-25-28-32-35-39-46-52-58-73(78)90-69(63-85-72(77)57-51-45-38-34-31-29-26-27-30-33-37-42-48-54-66(3)4)64-88-92(80,81)86-60-68(75)61-87-93(82,83)89-65-70(62-84-71(76)56-50-44-36-14-12-10-8-2)91-74(79)59-53-47-41-40-43-49-55-67(5)6/h66-70,75H,7-65H2,1-6H3,(H,80,81)(H,82,83)/t68-,69-,70-/m1/s1. The highest BCUT2D eigenvalue weighted by molar-refractivity contribution is 7.47. The number of unbranched alkanes of at least 4 members (excludes halogenated alkanes) is 43. The Morgan fingerprint density at radius 1 is 0.290 bits per heavy atom. The maximum Gasteiger partial charge on any atom is 0.472 e. The number of ether oxygens (including phenoxy) is 4. The first-order chi connectivity index (χ1) is 44.9. The summed E-state index contributed by atoms with van der Waals surface area (Å²) in [7, 11) is -9.90. The second kappa shape index (κ2) is 66.0. The predicted octanol–water partition coefficient (Wildman–Crippen LogP) is 21.6. The van der Waals surface area contributed by atoms with Crippen LogP contribution in [0.25, 0.3) is 0 Å². The fraction of sp³-hybridized carbons (Fsp3) is 0.946. The van der Waals surface area contributed by atoms with Crippen molar-refractivity contribution in [2.75, 3.05) is 39.6 Å². The van der Waals surface area contributed by atoms with Crippen LogP contribution in [0.5, 0.6) is 0 Å². The molecule has 0 heterocycles. The second-order valence-corrected chi connectivity index (χ2v) is 30.5. The monoisotopic (exact) mass is 1370 g/mol. The molecule has 0 spiro atoms. The van der Waals surface area contributed by atoms with E-state index in [9.17, 15) is 43.2 Å². The van der Waals surface area contributed by atoms with Gasteiger partial charge in [-0.15, -0.1) is 0 Å². The Hall–Kier alpha value is -1.94. The van der Waals surface area contributed by atoms with Crippen molar-refractivity contribution >= 4 is 39.5 Å². The summed E-state index contributed by atoms with van der Waals surface area (Å²) in [5.41, 5.74) is 0. The number of rotatable bonds is 73. The Kier molecular flexibility index (Phi) is 64.6. The molecule has 5 atom stereocenters. The van der Waals surface area contributed by atoms with E-state index in [0.29, 0.717) is 31.6 Å². The van der Waals surface area contributed by atoms with E-state index in [-0.39, 0.29) is 25.7 Å². The smallest absolute Gasteiger partial charge is 0.462 e. The van der Waals surface area contributed by atoms with Crippen molar-refractivity contribution in [3.05, 3.63) is 0 Å². The number of phosphoric ester groups is 2. The zero-order valence-electron chi connectivity index (χ0n) is 60.6. The minimum Gasteiger partial charge on any atom is -0.462 e. The lowest BCUT2D eigenvalue weighted by Gasteiger charge is -2.21. The molecule has 17 nitrogen and oxygen atoms in total. The number of carbonyl (C=O) groups excluding carboxylic acids is 4. The van der Waals surface area contributed by atoms with E-state index in [0.717, 1.165) is 109 Å². The Labute approximate surface area is 568 Å². The van der Waals surface area contributed by atoms with E-state index >= 15 is 0 Å². The third-order valence-corrected chi connectivity index (χ3v) is 19.1. The van der Waals surface area contributed by atoms with E-state index in [1.165, 1.54) is 186 Å². The summed E-state index contributed by atoms with van der Waals surface area (Å²) in [5.74, 6) is -0.668. The third-order valence-electron chi connectivity index (χ3n) is 17.2. The molecule has 552 valence electrons. The average molecular weight is 1370 g/mol. The van der Waals surface area contributed by atoms with Gasteiger partial charge in [-0.1, -0.05) is 330 Å². The van der Waals surface area contributed by atoms with Crippen molar-refractivity contribution in [1.82, 2.24) is 0 Å². The number of esters is 4. The number of hydrogen-bond acceptors (Lipinski definition) is 15. The van der Waals surface area contributed by atoms with Gasteiger partial charge >= 0.3 is 39.5 Å². The SMILES string of the molecule is CCCCCCCCCCCCCCCCCCCCCCCC(=O)O[C@H](COC(=O)CCCCCCCCCCCCCCCC(C)C)COP(=O)(O)OC[C@@H](O)COP(=O)(O)OC[C@@H](COC(=O)CCCCCCCCC)OC(=O)CCCCCCCCC(C)C. The quantitative estimate of drug-likeness (QED) is 0.0222. The van der Waals surface area contributed by atoms with Crippen LogP contribution in [0.4, 0.5) is 0 Å². The lowest BCUT2D eigenvalue weighted by atomic mass is 10.0. The molecule has 3 N–H and O–H groups in total. The molecule has 0 aliphatic carbocycles. The van der Waals surface area contributed by atoms with Gasteiger partial charge in [-0.05, 0) is 37.5 Å². The van der Waals surface area contributed by atoms with E-state index in [1.807, 2.05) is 0 Å². The number of aliphatic hydroxyl groups excluding tert-OH is 1. The summed E-state index contributed by atoms with van der Waals surface area (Å²) in [4.78, 5) is 72.5. The molecule has 0 fully saturated rings. The summed E-state index contributed by atoms with van der Waals surface area (Å²) < 4.78 is 68.2. The van der Waals surface area contributed by atoms with Crippen LogP contribution < -0.4 is 0 Å². The molecule has 93 heavy (non-hydrogen) atoms.